The fraction of sp³-hybridized carbons (Fsp3) is 0.385. The molecular weight excluding hydrogens is 214 g/mol. The van der Waals surface area contributed by atoms with Crippen LogP contribution in [0.1, 0.15) is 23.6 Å². The van der Waals surface area contributed by atoms with Gasteiger partial charge in [-0.2, -0.15) is 0 Å². The molecule has 2 heterocycles. The first-order chi connectivity index (χ1) is 8.33. The van der Waals surface area contributed by atoms with Crippen molar-refractivity contribution in [2.45, 2.75) is 31.9 Å². The average Bonchev–Trinajstić information content (AvgIpc) is 2.73. The Kier molecular flexibility index (Phi) is 2.65. The highest BCUT2D eigenvalue weighted by Crippen LogP contribution is 2.17. The molecule has 1 atom stereocenters. The van der Waals surface area contributed by atoms with E-state index in [0.29, 0.717) is 6.42 Å². The van der Waals surface area contributed by atoms with Crippen molar-refractivity contribution in [2.75, 3.05) is 0 Å². The highest BCUT2D eigenvalue weighted by atomic mass is 16.3. The Morgan fingerprint density at radius 2 is 2.06 bits per heavy atom. The SMILES string of the molecule is OC1CCn2c(Cc3ccccc3)nnc2C1. The van der Waals surface area contributed by atoms with Crippen molar-refractivity contribution in [3.63, 3.8) is 0 Å². The molecule has 0 radical (unpaired) electrons. The third kappa shape index (κ3) is 2.08. The first kappa shape index (κ1) is 10.5. The summed E-state index contributed by atoms with van der Waals surface area (Å²) in [5.74, 6) is 1.91. The Hall–Kier alpha value is -1.68. The standard InChI is InChI=1S/C13H15N3O/c17-11-6-7-16-12(14-15-13(16)9-11)8-10-4-2-1-3-5-10/h1-5,11,17H,6-9H2. The largest absolute Gasteiger partial charge is 0.393 e. The van der Waals surface area contributed by atoms with Gasteiger partial charge in [0.1, 0.15) is 11.6 Å². The van der Waals surface area contributed by atoms with Gasteiger partial charge in [0, 0.05) is 19.4 Å². The van der Waals surface area contributed by atoms with Gasteiger partial charge in [-0.1, -0.05) is 30.3 Å². The van der Waals surface area contributed by atoms with E-state index in [1.807, 2.05) is 18.2 Å². The number of hydrogen-bond donors (Lipinski definition) is 1. The van der Waals surface area contributed by atoms with E-state index in [0.717, 1.165) is 31.0 Å². The number of hydrogen-bond acceptors (Lipinski definition) is 3. The normalized spacial score (nSPS) is 19.0. The minimum absolute atomic E-state index is 0.253. The highest BCUT2D eigenvalue weighted by molar-refractivity contribution is 5.19. The molecule has 3 rings (SSSR count). The van der Waals surface area contributed by atoms with E-state index in [2.05, 4.69) is 26.9 Å². The minimum atomic E-state index is -0.253. The molecule has 0 fully saturated rings. The zero-order chi connectivity index (χ0) is 11.7. The molecule has 4 nitrogen and oxygen atoms in total. The predicted molar refractivity (Wildman–Crippen MR) is 63.6 cm³/mol. The first-order valence-corrected chi connectivity index (χ1v) is 5.96. The Balaban J connectivity index is 1.85. The molecule has 4 heteroatoms. The van der Waals surface area contributed by atoms with Crippen molar-refractivity contribution in [3.8, 4) is 0 Å². The van der Waals surface area contributed by atoms with Crippen LogP contribution < -0.4 is 0 Å². The maximum Gasteiger partial charge on any atom is 0.137 e. The quantitative estimate of drug-likeness (QED) is 0.841. The van der Waals surface area contributed by atoms with Crippen LogP contribution in [-0.2, 0) is 19.4 Å². The topological polar surface area (TPSA) is 50.9 Å². The lowest BCUT2D eigenvalue weighted by Crippen LogP contribution is -2.24. The van der Waals surface area contributed by atoms with Gasteiger partial charge in [-0.25, -0.2) is 0 Å². The van der Waals surface area contributed by atoms with Crippen LogP contribution >= 0.6 is 0 Å². The Labute approximate surface area is 99.9 Å². The second-order valence-electron chi connectivity index (χ2n) is 4.49. The van der Waals surface area contributed by atoms with E-state index >= 15 is 0 Å². The zero-order valence-corrected chi connectivity index (χ0v) is 9.58. The number of aliphatic hydroxyl groups is 1. The van der Waals surface area contributed by atoms with Gasteiger partial charge in [0.05, 0.1) is 6.10 Å². The molecule has 0 saturated carbocycles. The van der Waals surface area contributed by atoms with E-state index in [1.165, 1.54) is 5.56 Å². The Bertz CT molecular complexity index is 507. The van der Waals surface area contributed by atoms with Crippen LogP contribution in [0.25, 0.3) is 0 Å². The average molecular weight is 229 g/mol. The van der Waals surface area contributed by atoms with Crippen LogP contribution in [0.4, 0.5) is 0 Å². The molecule has 1 aliphatic heterocycles. The maximum atomic E-state index is 9.57. The summed E-state index contributed by atoms with van der Waals surface area (Å²) in [7, 11) is 0. The van der Waals surface area contributed by atoms with E-state index in [9.17, 15) is 5.11 Å². The van der Waals surface area contributed by atoms with Gasteiger partial charge in [0.25, 0.3) is 0 Å². The summed E-state index contributed by atoms with van der Waals surface area (Å²) in [4.78, 5) is 0. The van der Waals surface area contributed by atoms with Crippen LogP contribution in [0.3, 0.4) is 0 Å². The van der Waals surface area contributed by atoms with Gasteiger partial charge >= 0.3 is 0 Å². The van der Waals surface area contributed by atoms with Gasteiger partial charge < -0.3 is 9.67 Å². The smallest absolute Gasteiger partial charge is 0.137 e. The molecule has 1 aromatic heterocycles. The molecule has 0 bridgehead atoms. The van der Waals surface area contributed by atoms with Crippen molar-refractivity contribution < 1.29 is 5.11 Å². The van der Waals surface area contributed by atoms with Crippen LogP contribution in [0.15, 0.2) is 30.3 Å². The van der Waals surface area contributed by atoms with Crippen molar-refractivity contribution >= 4 is 0 Å². The maximum absolute atomic E-state index is 9.57. The lowest BCUT2D eigenvalue weighted by Gasteiger charge is -2.19. The number of aliphatic hydroxyl groups excluding tert-OH is 1. The Morgan fingerprint density at radius 1 is 1.24 bits per heavy atom. The van der Waals surface area contributed by atoms with Crippen molar-refractivity contribution in [3.05, 3.63) is 47.5 Å². The second-order valence-corrected chi connectivity index (χ2v) is 4.49. The van der Waals surface area contributed by atoms with Crippen LogP contribution in [-0.4, -0.2) is 26.0 Å². The minimum Gasteiger partial charge on any atom is -0.393 e. The summed E-state index contributed by atoms with van der Waals surface area (Å²) in [6, 6.07) is 10.3. The zero-order valence-electron chi connectivity index (χ0n) is 9.58. The number of benzene rings is 1. The van der Waals surface area contributed by atoms with E-state index in [-0.39, 0.29) is 6.10 Å². The summed E-state index contributed by atoms with van der Waals surface area (Å²) >= 11 is 0. The van der Waals surface area contributed by atoms with Crippen LogP contribution in [0.5, 0.6) is 0 Å². The fourth-order valence-electron chi connectivity index (χ4n) is 2.28. The van der Waals surface area contributed by atoms with E-state index in [4.69, 9.17) is 0 Å². The lowest BCUT2D eigenvalue weighted by atomic mass is 10.1. The number of fused-ring (bicyclic) bond motifs is 1. The molecule has 2 aromatic rings. The Morgan fingerprint density at radius 3 is 2.88 bits per heavy atom. The predicted octanol–water partition coefficient (Wildman–Crippen LogP) is 1.18. The van der Waals surface area contributed by atoms with Gasteiger partial charge in [0.2, 0.25) is 0 Å². The molecule has 1 unspecified atom stereocenters. The van der Waals surface area contributed by atoms with Crippen LogP contribution in [0.2, 0.25) is 0 Å². The van der Waals surface area contributed by atoms with Crippen molar-refractivity contribution in [1.82, 2.24) is 14.8 Å². The molecule has 0 saturated heterocycles. The third-order valence-electron chi connectivity index (χ3n) is 3.21. The van der Waals surface area contributed by atoms with E-state index < -0.39 is 0 Å². The molecule has 17 heavy (non-hydrogen) atoms. The molecule has 0 amide bonds. The summed E-state index contributed by atoms with van der Waals surface area (Å²) in [5, 5.41) is 18.0. The summed E-state index contributed by atoms with van der Waals surface area (Å²) < 4.78 is 2.14. The number of aromatic nitrogens is 3. The number of nitrogens with zero attached hydrogens (tertiary/aromatic N) is 3. The second kappa shape index (κ2) is 4.30. The van der Waals surface area contributed by atoms with Crippen LogP contribution in [0, 0.1) is 0 Å². The molecule has 1 aromatic carbocycles. The summed E-state index contributed by atoms with van der Waals surface area (Å²) in [6.45, 7) is 0.825. The summed E-state index contributed by atoms with van der Waals surface area (Å²) in [6.07, 6.45) is 1.98. The molecule has 0 aliphatic carbocycles. The summed E-state index contributed by atoms with van der Waals surface area (Å²) in [5.41, 5.74) is 1.24. The monoisotopic (exact) mass is 229 g/mol. The molecule has 1 N–H and O–H groups in total. The van der Waals surface area contributed by atoms with Gasteiger partial charge in [-0.05, 0) is 12.0 Å². The molecule has 0 spiro atoms. The molecule has 88 valence electrons. The van der Waals surface area contributed by atoms with E-state index in [1.54, 1.807) is 0 Å². The highest BCUT2D eigenvalue weighted by Gasteiger charge is 2.21. The first-order valence-electron chi connectivity index (χ1n) is 5.96. The third-order valence-corrected chi connectivity index (χ3v) is 3.21. The molecular formula is C13H15N3O. The molecule has 1 aliphatic rings. The van der Waals surface area contributed by atoms with Crippen molar-refractivity contribution in [1.29, 1.82) is 0 Å². The number of rotatable bonds is 2. The fourth-order valence-corrected chi connectivity index (χ4v) is 2.28. The van der Waals surface area contributed by atoms with Gasteiger partial charge in [-0.15, -0.1) is 10.2 Å². The van der Waals surface area contributed by atoms with Gasteiger partial charge in [0.15, 0.2) is 0 Å². The van der Waals surface area contributed by atoms with Crippen molar-refractivity contribution in [2.24, 2.45) is 0 Å². The lowest BCUT2D eigenvalue weighted by molar-refractivity contribution is 0.141. The van der Waals surface area contributed by atoms with Gasteiger partial charge in [-0.3, -0.25) is 0 Å².